The molecule has 2 unspecified atom stereocenters. The van der Waals surface area contributed by atoms with Gasteiger partial charge in [-0.25, -0.2) is 5.01 Å². The van der Waals surface area contributed by atoms with Gasteiger partial charge in [-0.1, -0.05) is 22.0 Å². The first-order valence-electron chi connectivity index (χ1n) is 9.37. The fraction of sp³-hybridized carbons (Fsp3) is 0.227. The van der Waals surface area contributed by atoms with Gasteiger partial charge in [-0.05, 0) is 58.4 Å². The molecule has 0 radical (unpaired) electrons. The van der Waals surface area contributed by atoms with Crippen LogP contribution in [0.1, 0.15) is 34.7 Å². The van der Waals surface area contributed by atoms with Crippen LogP contribution in [0.15, 0.2) is 61.9 Å². The van der Waals surface area contributed by atoms with Gasteiger partial charge in [0.2, 0.25) is 6.23 Å². The highest BCUT2D eigenvalue weighted by Crippen LogP contribution is 2.50. The highest BCUT2D eigenvalue weighted by Gasteiger charge is 2.42. The third-order valence-corrected chi connectivity index (χ3v) is 7.47. The number of nitrogens with zero attached hydrogens (tertiary/aromatic N) is 2. The summed E-state index contributed by atoms with van der Waals surface area (Å²) in [5, 5.41) is 7.06. The molecule has 2 aliphatic heterocycles. The third-order valence-electron chi connectivity index (χ3n) is 5.31. The molecule has 0 saturated heterocycles. The number of benzene rings is 2. The molecule has 1 aromatic heterocycles. The Hall–Kier alpha value is -2.03. The molecule has 3 heterocycles. The van der Waals surface area contributed by atoms with E-state index in [1.54, 1.807) is 25.6 Å². The molecular weight excluding hydrogens is 532 g/mol. The lowest BCUT2D eigenvalue weighted by Gasteiger charge is -2.38. The average molecular weight is 550 g/mol. The second-order valence-corrected chi connectivity index (χ2v) is 10.4. The molecule has 0 spiro atoms. The van der Waals surface area contributed by atoms with Gasteiger partial charge in [-0.3, -0.25) is 0 Å². The van der Waals surface area contributed by atoms with E-state index >= 15 is 0 Å². The van der Waals surface area contributed by atoms with E-state index in [-0.39, 0.29) is 6.04 Å². The van der Waals surface area contributed by atoms with Gasteiger partial charge in [-0.2, -0.15) is 5.10 Å². The Bertz CT molecular complexity index is 1150. The summed E-state index contributed by atoms with van der Waals surface area (Å²) < 4.78 is 19.8. The number of rotatable bonds is 4. The predicted molar refractivity (Wildman–Crippen MR) is 125 cm³/mol. The SMILES string of the molecule is COc1cccc(C2Oc3ccc(Br)cc3C3CC(c4ccc(Br)s4)=NN32)c1OC. The van der Waals surface area contributed by atoms with Crippen molar-refractivity contribution in [3.63, 3.8) is 0 Å². The summed E-state index contributed by atoms with van der Waals surface area (Å²) in [4.78, 5) is 1.16. The Balaban J connectivity index is 1.64. The molecule has 5 rings (SSSR count). The van der Waals surface area contributed by atoms with E-state index in [2.05, 4.69) is 55.1 Å². The first kappa shape index (κ1) is 19.9. The van der Waals surface area contributed by atoms with E-state index in [1.807, 2.05) is 30.3 Å². The van der Waals surface area contributed by atoms with Gasteiger partial charge < -0.3 is 14.2 Å². The minimum absolute atomic E-state index is 0.0723. The van der Waals surface area contributed by atoms with Crippen LogP contribution in [0.4, 0.5) is 0 Å². The lowest BCUT2D eigenvalue weighted by molar-refractivity contribution is -0.0205. The molecule has 0 amide bonds. The van der Waals surface area contributed by atoms with Gasteiger partial charge in [0.15, 0.2) is 11.5 Å². The van der Waals surface area contributed by atoms with Crippen LogP contribution in [0.5, 0.6) is 17.2 Å². The molecule has 2 atom stereocenters. The van der Waals surface area contributed by atoms with E-state index in [9.17, 15) is 0 Å². The van der Waals surface area contributed by atoms with E-state index in [0.29, 0.717) is 11.5 Å². The number of para-hydroxylation sites is 1. The predicted octanol–water partition coefficient (Wildman–Crippen LogP) is 6.53. The summed E-state index contributed by atoms with van der Waals surface area (Å²) in [6.07, 6.45) is 0.386. The smallest absolute Gasteiger partial charge is 0.217 e. The largest absolute Gasteiger partial charge is 0.493 e. The molecule has 0 aliphatic carbocycles. The normalized spacial score (nSPS) is 19.6. The molecule has 8 heteroatoms. The van der Waals surface area contributed by atoms with E-state index in [0.717, 1.165) is 42.1 Å². The standard InChI is InChI=1S/C22H18Br2N2O3S/c1-27-18-5-3-4-13(21(18)28-2)22-26-16(14-10-12(23)6-7-17(14)29-22)11-15(25-26)19-8-9-20(24)30-19/h3-10,16,22H,11H2,1-2H3. The fourth-order valence-corrected chi connectivity index (χ4v) is 5.75. The van der Waals surface area contributed by atoms with Crippen molar-refractivity contribution in [1.29, 1.82) is 0 Å². The van der Waals surface area contributed by atoms with E-state index in [1.165, 1.54) is 0 Å². The molecular formula is C22H18Br2N2O3S. The first-order chi connectivity index (χ1) is 14.6. The van der Waals surface area contributed by atoms with Crippen molar-refractivity contribution in [3.05, 3.63) is 72.8 Å². The van der Waals surface area contributed by atoms with Crippen LogP contribution in [0, 0.1) is 0 Å². The summed E-state index contributed by atoms with van der Waals surface area (Å²) in [6, 6.07) is 16.2. The van der Waals surface area contributed by atoms with Crippen LogP contribution in [-0.4, -0.2) is 24.9 Å². The van der Waals surface area contributed by atoms with Crippen molar-refractivity contribution < 1.29 is 14.2 Å². The molecule has 0 saturated carbocycles. The Morgan fingerprint density at radius 1 is 1.07 bits per heavy atom. The molecule has 3 aromatic rings. The average Bonchev–Trinajstić information content (AvgIpc) is 3.39. The topological polar surface area (TPSA) is 43.3 Å². The van der Waals surface area contributed by atoms with Crippen molar-refractivity contribution in [3.8, 4) is 17.2 Å². The molecule has 5 nitrogen and oxygen atoms in total. The summed E-state index contributed by atoms with van der Waals surface area (Å²) in [5.74, 6) is 2.19. The van der Waals surface area contributed by atoms with Gasteiger partial charge >= 0.3 is 0 Å². The maximum Gasteiger partial charge on any atom is 0.217 e. The molecule has 2 aromatic carbocycles. The van der Waals surface area contributed by atoms with Crippen molar-refractivity contribution in [2.24, 2.45) is 5.10 Å². The zero-order chi connectivity index (χ0) is 20.8. The van der Waals surface area contributed by atoms with Crippen molar-refractivity contribution >= 4 is 48.9 Å². The molecule has 30 heavy (non-hydrogen) atoms. The Kier molecular flexibility index (Phi) is 5.24. The zero-order valence-electron chi connectivity index (χ0n) is 16.3. The van der Waals surface area contributed by atoms with Crippen molar-refractivity contribution in [1.82, 2.24) is 5.01 Å². The maximum absolute atomic E-state index is 6.47. The number of hydrogen-bond acceptors (Lipinski definition) is 6. The second-order valence-electron chi connectivity index (χ2n) is 6.99. The molecule has 0 N–H and O–H groups in total. The van der Waals surface area contributed by atoms with Crippen LogP contribution >= 0.6 is 43.2 Å². The summed E-state index contributed by atoms with van der Waals surface area (Å²) in [5.41, 5.74) is 3.06. The van der Waals surface area contributed by atoms with Gasteiger partial charge in [-0.15, -0.1) is 11.3 Å². The van der Waals surface area contributed by atoms with Crippen LogP contribution in [0.3, 0.4) is 0 Å². The van der Waals surface area contributed by atoms with Crippen LogP contribution in [0.25, 0.3) is 0 Å². The van der Waals surface area contributed by atoms with Gasteiger partial charge in [0.25, 0.3) is 0 Å². The minimum Gasteiger partial charge on any atom is -0.493 e. The Morgan fingerprint density at radius 3 is 2.67 bits per heavy atom. The molecule has 0 fully saturated rings. The second kappa shape index (κ2) is 7.90. The van der Waals surface area contributed by atoms with Gasteiger partial charge in [0.1, 0.15) is 5.75 Å². The van der Waals surface area contributed by atoms with E-state index < -0.39 is 6.23 Å². The number of hydrogen-bond donors (Lipinski definition) is 0. The van der Waals surface area contributed by atoms with Gasteiger partial charge in [0, 0.05) is 16.5 Å². The third kappa shape index (κ3) is 3.31. The molecule has 0 bridgehead atoms. The Morgan fingerprint density at radius 2 is 1.93 bits per heavy atom. The minimum atomic E-state index is -0.422. The highest BCUT2D eigenvalue weighted by molar-refractivity contribution is 9.11. The number of fused-ring (bicyclic) bond motifs is 3. The molecule has 2 aliphatic rings. The number of halogens is 2. The summed E-state index contributed by atoms with van der Waals surface area (Å²) >= 11 is 8.85. The van der Waals surface area contributed by atoms with Gasteiger partial charge in [0.05, 0.1) is 40.2 Å². The number of thiophene rings is 1. The fourth-order valence-electron chi connectivity index (χ4n) is 3.99. The van der Waals surface area contributed by atoms with Crippen LogP contribution in [-0.2, 0) is 0 Å². The number of hydrazone groups is 1. The van der Waals surface area contributed by atoms with Crippen molar-refractivity contribution in [2.75, 3.05) is 14.2 Å². The van der Waals surface area contributed by atoms with Crippen molar-refractivity contribution in [2.45, 2.75) is 18.7 Å². The molecule has 154 valence electrons. The van der Waals surface area contributed by atoms with E-state index in [4.69, 9.17) is 19.3 Å². The summed E-state index contributed by atoms with van der Waals surface area (Å²) in [6.45, 7) is 0. The highest BCUT2D eigenvalue weighted by atomic mass is 79.9. The number of methoxy groups -OCH3 is 2. The number of ether oxygens (including phenoxy) is 3. The first-order valence-corrected chi connectivity index (χ1v) is 11.8. The van der Waals surface area contributed by atoms with Crippen LogP contribution in [0.2, 0.25) is 0 Å². The van der Waals surface area contributed by atoms with Crippen LogP contribution < -0.4 is 14.2 Å². The lowest BCUT2D eigenvalue weighted by atomic mass is 9.97. The Labute approximate surface area is 195 Å². The maximum atomic E-state index is 6.47. The summed E-state index contributed by atoms with van der Waals surface area (Å²) in [7, 11) is 3.29. The lowest BCUT2D eigenvalue weighted by Crippen LogP contribution is -2.34. The quantitative estimate of drug-likeness (QED) is 0.371. The monoisotopic (exact) mass is 548 g/mol. The zero-order valence-corrected chi connectivity index (χ0v) is 20.3.